The zero-order chi connectivity index (χ0) is 13.4. The van der Waals surface area contributed by atoms with Crippen LogP contribution in [0.1, 0.15) is 0 Å². The molecule has 0 aromatic heterocycles. The van der Waals surface area contributed by atoms with Crippen molar-refractivity contribution in [2.45, 2.75) is 0 Å². The van der Waals surface area contributed by atoms with Crippen LogP contribution in [0.25, 0.3) is 11.1 Å². The van der Waals surface area contributed by atoms with Crippen molar-refractivity contribution in [3.8, 4) is 11.1 Å². The lowest BCUT2D eigenvalue weighted by Crippen LogP contribution is -1.86. The van der Waals surface area contributed by atoms with E-state index in [0.717, 1.165) is 0 Å². The summed E-state index contributed by atoms with van der Waals surface area (Å²) in [5, 5.41) is 1.93. The summed E-state index contributed by atoms with van der Waals surface area (Å²) in [5.41, 5.74) is 1.06. The van der Waals surface area contributed by atoms with Gasteiger partial charge in [-0.1, -0.05) is 81.7 Å². The first kappa shape index (κ1) is 14.6. The highest BCUT2D eigenvalue weighted by atomic mass is 35.5. The maximum Gasteiger partial charge on any atom is 0.0687 e. The van der Waals surface area contributed by atoms with Gasteiger partial charge in [-0.2, -0.15) is 0 Å². The van der Waals surface area contributed by atoms with E-state index in [1.165, 1.54) is 6.07 Å². The van der Waals surface area contributed by atoms with Gasteiger partial charge in [-0.3, -0.25) is 0 Å². The minimum atomic E-state index is 0.287. The third kappa shape index (κ3) is 2.56. The van der Waals surface area contributed by atoms with Crippen LogP contribution in [-0.2, 0) is 0 Å². The minimum absolute atomic E-state index is 0.287. The Labute approximate surface area is 134 Å². The smallest absolute Gasteiger partial charge is 0.0687 e. The van der Waals surface area contributed by atoms with Crippen LogP contribution in [0.2, 0.25) is 30.1 Å². The molecule has 0 aliphatic heterocycles. The molecule has 0 aliphatic rings. The summed E-state index contributed by atoms with van der Waals surface area (Å²) < 4.78 is 0. The van der Waals surface area contributed by atoms with Gasteiger partial charge in [-0.25, -0.2) is 0 Å². The molecule has 0 saturated carbocycles. The Morgan fingerprint density at radius 3 is 1.72 bits per heavy atom. The predicted octanol–water partition coefficient (Wildman–Crippen LogP) is 7.27. The molecule has 2 aromatic carbocycles. The summed E-state index contributed by atoms with van der Waals surface area (Å²) in [4.78, 5) is 0. The van der Waals surface area contributed by atoms with E-state index in [1.54, 1.807) is 18.2 Å². The first-order valence-corrected chi connectivity index (χ1v) is 6.97. The third-order valence-corrected chi connectivity index (χ3v) is 4.73. The van der Waals surface area contributed by atoms with Crippen molar-refractivity contribution >= 4 is 69.6 Å². The Hall–Kier alpha value is 0.180. The zero-order valence-corrected chi connectivity index (χ0v) is 13.1. The normalized spacial score (nSPS) is 10.8. The van der Waals surface area contributed by atoms with Crippen LogP contribution in [0.5, 0.6) is 0 Å². The molecule has 2 aromatic rings. The average molecular weight is 361 g/mol. The number of rotatable bonds is 1. The molecule has 0 aliphatic carbocycles. The van der Waals surface area contributed by atoms with Crippen molar-refractivity contribution in [3.63, 3.8) is 0 Å². The van der Waals surface area contributed by atoms with Crippen LogP contribution in [0.4, 0.5) is 0 Å². The number of benzene rings is 2. The highest BCUT2D eigenvalue weighted by Gasteiger charge is 2.18. The van der Waals surface area contributed by atoms with Gasteiger partial charge in [-0.05, 0) is 12.1 Å². The van der Waals surface area contributed by atoms with Gasteiger partial charge in [0.2, 0.25) is 0 Å². The molecule has 0 saturated heterocycles. The van der Waals surface area contributed by atoms with Gasteiger partial charge in [0.25, 0.3) is 0 Å². The lowest BCUT2D eigenvalue weighted by molar-refractivity contribution is 1.61. The van der Waals surface area contributed by atoms with Gasteiger partial charge in [-0.15, -0.1) is 0 Å². The molecule has 0 bridgehead atoms. The van der Waals surface area contributed by atoms with Crippen LogP contribution in [-0.4, -0.2) is 0 Å². The molecule has 0 N–H and O–H groups in total. The lowest BCUT2D eigenvalue weighted by Gasteiger charge is -2.12. The Kier molecular flexibility index (Phi) is 4.59. The molecular formula is C12H4Cl6. The van der Waals surface area contributed by atoms with E-state index in [2.05, 4.69) is 0 Å². The van der Waals surface area contributed by atoms with Gasteiger partial charge >= 0.3 is 0 Å². The molecule has 0 heterocycles. The molecule has 6 heteroatoms. The monoisotopic (exact) mass is 358 g/mol. The van der Waals surface area contributed by atoms with Crippen molar-refractivity contribution in [2.24, 2.45) is 0 Å². The molecule has 0 spiro atoms. The van der Waals surface area contributed by atoms with E-state index in [4.69, 9.17) is 69.6 Å². The van der Waals surface area contributed by atoms with Crippen molar-refractivity contribution in [2.75, 3.05) is 0 Å². The molecule has 0 unspecified atom stereocenters. The van der Waals surface area contributed by atoms with Crippen LogP contribution in [0.15, 0.2) is 24.3 Å². The summed E-state index contributed by atoms with van der Waals surface area (Å²) >= 11 is 36.4. The van der Waals surface area contributed by atoms with E-state index in [0.29, 0.717) is 31.2 Å². The quantitative estimate of drug-likeness (QED) is 0.469. The topological polar surface area (TPSA) is 0 Å². The molecule has 0 nitrogen and oxygen atoms in total. The van der Waals surface area contributed by atoms with E-state index < -0.39 is 0 Å². The van der Waals surface area contributed by atoms with Crippen molar-refractivity contribution < 1.29 is 0 Å². The number of hydrogen-bond acceptors (Lipinski definition) is 0. The summed E-state index contributed by atoms with van der Waals surface area (Å²) in [6.07, 6.45) is 0. The summed E-state index contributed by atoms with van der Waals surface area (Å²) in [7, 11) is 0. The molecule has 0 fully saturated rings. The first-order valence-electron chi connectivity index (χ1n) is 4.71. The van der Waals surface area contributed by atoms with Gasteiger partial charge < -0.3 is 0 Å². The number of halogens is 6. The zero-order valence-electron chi connectivity index (χ0n) is 8.58. The molecule has 94 valence electrons. The highest BCUT2D eigenvalue weighted by molar-refractivity contribution is 6.51. The lowest BCUT2D eigenvalue weighted by atomic mass is 10.1. The molecule has 0 atom stereocenters. The second-order valence-electron chi connectivity index (χ2n) is 3.44. The minimum Gasteiger partial charge on any atom is -0.0827 e. The first-order chi connectivity index (χ1) is 8.43. The van der Waals surface area contributed by atoms with E-state index in [-0.39, 0.29) is 10.0 Å². The van der Waals surface area contributed by atoms with Crippen LogP contribution >= 0.6 is 69.6 Å². The molecule has 0 radical (unpaired) electrons. The van der Waals surface area contributed by atoms with E-state index in [9.17, 15) is 0 Å². The highest BCUT2D eigenvalue weighted by Crippen LogP contribution is 2.46. The second-order valence-corrected chi connectivity index (χ2v) is 5.80. The maximum absolute atomic E-state index is 6.15. The van der Waals surface area contributed by atoms with E-state index in [1.807, 2.05) is 0 Å². The fourth-order valence-electron chi connectivity index (χ4n) is 1.51. The maximum atomic E-state index is 6.15. The van der Waals surface area contributed by atoms with Gasteiger partial charge in [0.05, 0.1) is 30.1 Å². The van der Waals surface area contributed by atoms with Crippen molar-refractivity contribution in [1.29, 1.82) is 0 Å². The van der Waals surface area contributed by atoms with Crippen molar-refractivity contribution in [1.82, 2.24) is 0 Å². The Morgan fingerprint density at radius 2 is 1.17 bits per heavy atom. The average Bonchev–Trinajstić information content (AvgIpc) is 2.32. The Balaban J connectivity index is 2.83. The predicted molar refractivity (Wildman–Crippen MR) is 81.9 cm³/mol. The number of hydrogen-bond donors (Lipinski definition) is 0. The standard InChI is InChI=1S/C12H4Cl6/c13-6-3-1-2-5(10(6)16)9-11(17)7(14)4-8(15)12(9)18/h1-4H. The summed E-state index contributed by atoms with van der Waals surface area (Å²) in [5.74, 6) is 0. The molecule has 0 amide bonds. The van der Waals surface area contributed by atoms with Gasteiger partial charge in [0.15, 0.2) is 0 Å². The fraction of sp³-hybridized carbons (Fsp3) is 0. The van der Waals surface area contributed by atoms with Gasteiger partial charge in [0.1, 0.15) is 0 Å². The van der Waals surface area contributed by atoms with Crippen molar-refractivity contribution in [3.05, 3.63) is 54.4 Å². The second kappa shape index (κ2) is 5.66. The largest absolute Gasteiger partial charge is 0.0827 e. The fourth-order valence-corrected chi connectivity index (χ4v) is 2.91. The molecule has 2 rings (SSSR count). The van der Waals surface area contributed by atoms with Crippen LogP contribution in [0.3, 0.4) is 0 Å². The molecular weight excluding hydrogens is 357 g/mol. The van der Waals surface area contributed by atoms with Crippen LogP contribution in [0, 0.1) is 0 Å². The Bertz CT molecular complexity index is 594. The summed E-state index contributed by atoms with van der Waals surface area (Å²) in [6.45, 7) is 0. The molecule has 18 heavy (non-hydrogen) atoms. The van der Waals surface area contributed by atoms with Gasteiger partial charge in [0, 0.05) is 11.1 Å². The Morgan fingerprint density at radius 1 is 0.611 bits per heavy atom. The van der Waals surface area contributed by atoms with E-state index >= 15 is 0 Å². The van der Waals surface area contributed by atoms with Crippen LogP contribution < -0.4 is 0 Å². The SMILES string of the molecule is Clc1cccc(-c2c(Cl)c(Cl)cc(Cl)c2Cl)c1Cl. The third-order valence-electron chi connectivity index (χ3n) is 2.33. The summed E-state index contributed by atoms with van der Waals surface area (Å²) in [6, 6.07) is 6.63.